The van der Waals surface area contributed by atoms with Crippen LogP contribution in [0.1, 0.15) is 21.6 Å². The highest BCUT2D eigenvalue weighted by Crippen LogP contribution is 2.36. The van der Waals surface area contributed by atoms with Crippen molar-refractivity contribution in [3.05, 3.63) is 81.1 Å². The van der Waals surface area contributed by atoms with Crippen LogP contribution in [-0.4, -0.2) is 26.7 Å². The number of hydrogen-bond donors (Lipinski definition) is 2. The molecule has 28 heavy (non-hydrogen) atoms. The quantitative estimate of drug-likeness (QED) is 0.695. The molecule has 2 aromatic heterocycles. The average Bonchev–Trinajstić information content (AvgIpc) is 3.00. The Bertz CT molecular complexity index is 1210. The van der Waals surface area contributed by atoms with Gasteiger partial charge in [0, 0.05) is 11.8 Å². The summed E-state index contributed by atoms with van der Waals surface area (Å²) >= 11 is 6.40. The molecule has 1 aromatic carbocycles. The van der Waals surface area contributed by atoms with E-state index in [4.69, 9.17) is 11.6 Å². The van der Waals surface area contributed by atoms with Crippen LogP contribution < -0.4 is 16.2 Å². The first-order chi connectivity index (χ1) is 13.6. The minimum Gasteiger partial charge on any atom is -0.336 e. The number of anilines is 2. The molecule has 4 heterocycles. The smallest absolute Gasteiger partial charge is 0.277 e. The van der Waals surface area contributed by atoms with Crippen LogP contribution in [0.15, 0.2) is 58.7 Å². The lowest BCUT2D eigenvalue weighted by Gasteiger charge is -2.32. The fourth-order valence-electron chi connectivity index (χ4n) is 3.67. The number of aliphatic imine (C=N–C) groups is 1. The monoisotopic (exact) mass is 392 g/mol. The van der Waals surface area contributed by atoms with Crippen molar-refractivity contribution >= 4 is 35.2 Å². The molecule has 0 radical (unpaired) electrons. The molecule has 2 N–H and O–H groups in total. The highest BCUT2D eigenvalue weighted by atomic mass is 35.5. The van der Waals surface area contributed by atoms with Gasteiger partial charge in [-0.1, -0.05) is 35.9 Å². The summed E-state index contributed by atoms with van der Waals surface area (Å²) in [5, 5.41) is 6.01. The van der Waals surface area contributed by atoms with Gasteiger partial charge in [-0.15, -0.1) is 0 Å². The minimum atomic E-state index is -1.22. The molecule has 1 amide bonds. The van der Waals surface area contributed by atoms with E-state index >= 15 is 0 Å². The standard InChI is InChI=1S/C19H13ClN6O2/c20-13-7-14(24-15-5-6-21-10-23-15)18(28)26-16(13)17(27)25-19(26)9-22-8-11-3-1-2-4-12(11)19/h1-7,9-10H,8H2,(H,25,27)(H,21,23,24). The summed E-state index contributed by atoms with van der Waals surface area (Å²) in [6, 6.07) is 10.6. The van der Waals surface area contributed by atoms with E-state index in [-0.39, 0.29) is 16.4 Å². The Kier molecular flexibility index (Phi) is 3.56. The van der Waals surface area contributed by atoms with Gasteiger partial charge in [0.05, 0.1) is 17.8 Å². The van der Waals surface area contributed by atoms with Gasteiger partial charge in [-0.2, -0.15) is 0 Å². The number of carbonyl (C=O) groups excluding carboxylic acids is 1. The number of amides is 1. The Balaban J connectivity index is 1.76. The zero-order chi connectivity index (χ0) is 19.3. The molecule has 1 unspecified atom stereocenters. The zero-order valence-electron chi connectivity index (χ0n) is 14.4. The van der Waals surface area contributed by atoms with Crippen LogP contribution in [0.3, 0.4) is 0 Å². The molecule has 0 fully saturated rings. The highest BCUT2D eigenvalue weighted by Gasteiger charge is 2.47. The first-order valence-corrected chi connectivity index (χ1v) is 8.89. The molecule has 0 bridgehead atoms. The van der Waals surface area contributed by atoms with Crippen molar-refractivity contribution in [3.8, 4) is 0 Å². The Morgan fingerprint density at radius 3 is 2.89 bits per heavy atom. The molecular formula is C19H13ClN6O2. The van der Waals surface area contributed by atoms with E-state index < -0.39 is 17.1 Å². The molecule has 8 nitrogen and oxygen atoms in total. The van der Waals surface area contributed by atoms with Crippen molar-refractivity contribution in [1.29, 1.82) is 0 Å². The molecule has 1 spiro atoms. The number of nitrogens with one attached hydrogen (secondary N) is 2. The van der Waals surface area contributed by atoms with Crippen LogP contribution in [0.5, 0.6) is 0 Å². The van der Waals surface area contributed by atoms with Crippen LogP contribution in [0.2, 0.25) is 5.02 Å². The van der Waals surface area contributed by atoms with Gasteiger partial charge in [-0.05, 0) is 17.7 Å². The van der Waals surface area contributed by atoms with Gasteiger partial charge >= 0.3 is 0 Å². The molecule has 2 aliphatic rings. The van der Waals surface area contributed by atoms with E-state index in [0.717, 1.165) is 11.1 Å². The number of hydrogen-bond acceptors (Lipinski definition) is 6. The number of rotatable bonds is 2. The van der Waals surface area contributed by atoms with Gasteiger partial charge in [0.25, 0.3) is 11.5 Å². The fraction of sp³-hybridized carbons (Fsp3) is 0.105. The van der Waals surface area contributed by atoms with Crippen LogP contribution in [-0.2, 0) is 12.2 Å². The molecule has 3 aromatic rings. The van der Waals surface area contributed by atoms with Gasteiger partial charge in [0.1, 0.15) is 23.5 Å². The summed E-state index contributed by atoms with van der Waals surface area (Å²) in [6.07, 6.45) is 4.51. The summed E-state index contributed by atoms with van der Waals surface area (Å²) in [6.45, 7) is 0.477. The van der Waals surface area contributed by atoms with Gasteiger partial charge in [0.15, 0.2) is 5.66 Å². The number of benzene rings is 1. The Labute approximate surface area is 163 Å². The van der Waals surface area contributed by atoms with E-state index in [1.807, 2.05) is 24.3 Å². The maximum atomic E-state index is 13.4. The number of halogens is 1. The maximum absolute atomic E-state index is 13.4. The SMILES string of the molecule is O=C1NC2(C=NCc3ccccc32)n2c1c(Cl)cc(Nc1ccncn1)c2=O. The van der Waals surface area contributed by atoms with E-state index in [1.54, 1.807) is 18.5 Å². The second-order valence-corrected chi connectivity index (χ2v) is 6.87. The number of fused-ring (bicyclic) bond motifs is 4. The normalized spacial score (nSPS) is 19.2. The summed E-state index contributed by atoms with van der Waals surface area (Å²) in [4.78, 5) is 38.4. The maximum Gasteiger partial charge on any atom is 0.277 e. The molecular weight excluding hydrogens is 380 g/mol. The second-order valence-electron chi connectivity index (χ2n) is 6.46. The lowest BCUT2D eigenvalue weighted by molar-refractivity contribution is 0.0952. The summed E-state index contributed by atoms with van der Waals surface area (Å²) in [7, 11) is 0. The topological polar surface area (TPSA) is 101 Å². The molecule has 0 aliphatic carbocycles. The van der Waals surface area contributed by atoms with Crippen molar-refractivity contribution in [1.82, 2.24) is 19.9 Å². The zero-order valence-corrected chi connectivity index (χ0v) is 15.1. The molecule has 2 aliphatic heterocycles. The van der Waals surface area contributed by atoms with Gasteiger partial charge < -0.3 is 10.6 Å². The number of carbonyl (C=O) groups is 1. The second kappa shape index (κ2) is 6.00. The van der Waals surface area contributed by atoms with Gasteiger partial charge in [-0.25, -0.2) is 9.97 Å². The largest absolute Gasteiger partial charge is 0.336 e. The molecule has 0 saturated carbocycles. The predicted molar refractivity (Wildman–Crippen MR) is 104 cm³/mol. The molecule has 9 heteroatoms. The van der Waals surface area contributed by atoms with Crippen molar-refractivity contribution in [2.75, 3.05) is 5.32 Å². The third-order valence-electron chi connectivity index (χ3n) is 4.84. The van der Waals surface area contributed by atoms with Crippen molar-refractivity contribution < 1.29 is 4.79 Å². The van der Waals surface area contributed by atoms with Crippen LogP contribution in [0.4, 0.5) is 11.5 Å². The third kappa shape index (κ3) is 2.28. The summed E-state index contributed by atoms with van der Waals surface area (Å²) in [5.41, 5.74) is 0.373. The predicted octanol–water partition coefficient (Wildman–Crippen LogP) is 2.06. The van der Waals surface area contributed by atoms with E-state index in [2.05, 4.69) is 25.6 Å². The molecule has 0 saturated heterocycles. The Morgan fingerprint density at radius 1 is 1.21 bits per heavy atom. The summed E-state index contributed by atoms with van der Waals surface area (Å²) in [5.74, 6) is 0.00611. The Hall–Kier alpha value is -3.52. The third-order valence-corrected chi connectivity index (χ3v) is 5.13. The summed E-state index contributed by atoms with van der Waals surface area (Å²) < 4.78 is 1.36. The van der Waals surface area contributed by atoms with Crippen LogP contribution in [0, 0.1) is 0 Å². The number of nitrogens with zero attached hydrogens (tertiary/aromatic N) is 4. The molecule has 5 rings (SSSR count). The molecule has 1 atom stereocenters. The van der Waals surface area contributed by atoms with Crippen molar-refractivity contribution in [3.63, 3.8) is 0 Å². The van der Waals surface area contributed by atoms with E-state index in [0.29, 0.717) is 12.4 Å². The Morgan fingerprint density at radius 2 is 2.07 bits per heavy atom. The lowest BCUT2D eigenvalue weighted by Crippen LogP contribution is -2.51. The van der Waals surface area contributed by atoms with Gasteiger partial charge in [0.2, 0.25) is 0 Å². The minimum absolute atomic E-state index is 0.100. The van der Waals surface area contributed by atoms with E-state index in [1.165, 1.54) is 17.0 Å². The highest BCUT2D eigenvalue weighted by molar-refractivity contribution is 6.34. The lowest BCUT2D eigenvalue weighted by atomic mass is 9.93. The van der Waals surface area contributed by atoms with Crippen molar-refractivity contribution in [2.45, 2.75) is 12.2 Å². The first-order valence-electron chi connectivity index (χ1n) is 8.51. The molecule has 138 valence electrons. The van der Waals surface area contributed by atoms with Crippen LogP contribution in [0.25, 0.3) is 0 Å². The number of aromatic nitrogens is 3. The average molecular weight is 393 g/mol. The van der Waals surface area contributed by atoms with E-state index in [9.17, 15) is 9.59 Å². The fourth-order valence-corrected chi connectivity index (χ4v) is 3.95. The van der Waals surface area contributed by atoms with Crippen molar-refractivity contribution in [2.24, 2.45) is 4.99 Å². The number of pyridine rings is 1. The van der Waals surface area contributed by atoms with Crippen LogP contribution >= 0.6 is 11.6 Å². The first kappa shape index (κ1) is 16.6. The van der Waals surface area contributed by atoms with Gasteiger partial charge in [-0.3, -0.25) is 19.1 Å².